The van der Waals surface area contributed by atoms with Gasteiger partial charge in [-0.3, -0.25) is 4.98 Å². The Morgan fingerprint density at radius 1 is 1.03 bits per heavy atom. The van der Waals surface area contributed by atoms with Crippen LogP contribution in [0.5, 0.6) is 5.75 Å². The van der Waals surface area contributed by atoms with Crippen molar-refractivity contribution in [3.8, 4) is 16.9 Å². The molecular formula is C24H24N2O5. The Morgan fingerprint density at radius 2 is 1.68 bits per heavy atom. The summed E-state index contributed by atoms with van der Waals surface area (Å²) in [7, 11) is 1.45. The van der Waals surface area contributed by atoms with E-state index in [1.807, 2.05) is 36.4 Å². The van der Waals surface area contributed by atoms with Crippen LogP contribution in [-0.4, -0.2) is 47.7 Å². The first-order valence-electron chi connectivity index (χ1n) is 10.0. The smallest absolute Gasteiger partial charge is 0.407 e. The number of pyridine rings is 1. The molecule has 2 atom stereocenters. The van der Waals surface area contributed by atoms with E-state index >= 15 is 0 Å². The molecule has 0 radical (unpaired) electrons. The largest absolute Gasteiger partial charge is 0.495 e. The molecule has 1 aliphatic rings. The summed E-state index contributed by atoms with van der Waals surface area (Å²) in [5, 5.41) is 23.1. The summed E-state index contributed by atoms with van der Waals surface area (Å²) >= 11 is 0. The van der Waals surface area contributed by atoms with Crippen LogP contribution in [0.15, 0.2) is 66.9 Å². The molecule has 2 unspecified atom stereocenters. The summed E-state index contributed by atoms with van der Waals surface area (Å²) in [4.78, 5) is 16.3. The average Bonchev–Trinajstić information content (AvgIpc) is 3.14. The summed E-state index contributed by atoms with van der Waals surface area (Å²) in [6.07, 6.45) is -1.76. The first-order chi connectivity index (χ1) is 15.1. The molecule has 1 aliphatic carbocycles. The zero-order valence-electron chi connectivity index (χ0n) is 17.1. The Balaban J connectivity index is 1.35. The Labute approximate surface area is 180 Å². The maximum Gasteiger partial charge on any atom is 0.407 e. The second kappa shape index (κ2) is 9.16. The Hall–Kier alpha value is -3.42. The van der Waals surface area contributed by atoms with Gasteiger partial charge in [-0.1, -0.05) is 48.5 Å². The molecule has 1 aromatic heterocycles. The fourth-order valence-corrected chi connectivity index (χ4v) is 3.93. The average molecular weight is 420 g/mol. The number of aliphatic hydroxyl groups is 2. The number of nitrogens with one attached hydrogen (secondary N) is 1. The standard InChI is InChI=1S/C24H24N2O5/c1-30-21-11-6-12-25-22(21)23(28)20(27)13-26-24(29)31-14-19-17-9-4-2-7-15(17)16-8-3-5-10-18(16)19/h2-12,19-20,23,27-28H,13-14H2,1H3,(H,26,29). The van der Waals surface area contributed by atoms with Gasteiger partial charge in [0.1, 0.15) is 30.3 Å². The molecule has 2 aromatic carbocycles. The molecule has 0 spiro atoms. The van der Waals surface area contributed by atoms with E-state index in [1.165, 1.54) is 13.3 Å². The summed E-state index contributed by atoms with van der Waals surface area (Å²) < 4.78 is 10.6. The first-order valence-corrected chi connectivity index (χ1v) is 10.0. The normalized spacial score (nSPS) is 14.3. The molecule has 7 heteroatoms. The van der Waals surface area contributed by atoms with Crippen molar-refractivity contribution in [3.05, 3.63) is 83.7 Å². The molecule has 31 heavy (non-hydrogen) atoms. The second-order valence-corrected chi connectivity index (χ2v) is 7.31. The van der Waals surface area contributed by atoms with Crippen LogP contribution < -0.4 is 10.1 Å². The molecule has 4 rings (SSSR count). The van der Waals surface area contributed by atoms with E-state index < -0.39 is 18.3 Å². The minimum atomic E-state index is -1.31. The molecular weight excluding hydrogens is 396 g/mol. The maximum absolute atomic E-state index is 12.2. The van der Waals surface area contributed by atoms with Crippen LogP contribution in [0.2, 0.25) is 0 Å². The number of rotatable bonds is 7. The predicted octanol–water partition coefficient (Wildman–Crippen LogP) is 3.02. The van der Waals surface area contributed by atoms with E-state index in [0.717, 1.165) is 22.3 Å². The number of methoxy groups -OCH3 is 1. The summed E-state index contributed by atoms with van der Waals surface area (Å²) in [6.45, 7) is -0.0237. The summed E-state index contributed by atoms with van der Waals surface area (Å²) in [5.41, 5.74) is 4.74. The summed E-state index contributed by atoms with van der Waals surface area (Å²) in [5.74, 6) is 0.307. The molecule has 7 nitrogen and oxygen atoms in total. The maximum atomic E-state index is 12.2. The number of ether oxygens (including phenoxy) is 2. The minimum Gasteiger partial charge on any atom is -0.495 e. The zero-order valence-corrected chi connectivity index (χ0v) is 17.1. The molecule has 3 N–H and O–H groups in total. The predicted molar refractivity (Wildman–Crippen MR) is 115 cm³/mol. The lowest BCUT2D eigenvalue weighted by Crippen LogP contribution is -2.36. The molecule has 0 aliphatic heterocycles. The van der Waals surface area contributed by atoms with Gasteiger partial charge in [-0.2, -0.15) is 0 Å². The summed E-state index contributed by atoms with van der Waals surface area (Å²) in [6, 6.07) is 19.5. The van der Waals surface area contributed by atoms with Gasteiger partial charge in [0.15, 0.2) is 0 Å². The molecule has 0 bridgehead atoms. The van der Waals surface area contributed by atoms with Crippen LogP contribution in [0.3, 0.4) is 0 Å². The Morgan fingerprint density at radius 3 is 2.32 bits per heavy atom. The van der Waals surface area contributed by atoms with Crippen molar-refractivity contribution >= 4 is 6.09 Å². The number of hydrogen-bond donors (Lipinski definition) is 3. The van der Waals surface area contributed by atoms with Crippen molar-refractivity contribution in [2.45, 2.75) is 18.1 Å². The van der Waals surface area contributed by atoms with Gasteiger partial charge < -0.3 is 25.0 Å². The lowest BCUT2D eigenvalue weighted by molar-refractivity contribution is 0.0146. The minimum absolute atomic E-state index is 0.0496. The second-order valence-electron chi connectivity index (χ2n) is 7.31. The van der Waals surface area contributed by atoms with E-state index in [9.17, 15) is 15.0 Å². The fourth-order valence-electron chi connectivity index (χ4n) is 3.93. The number of benzene rings is 2. The fraction of sp³-hybridized carbons (Fsp3) is 0.250. The number of nitrogens with zero attached hydrogens (tertiary/aromatic N) is 1. The van der Waals surface area contributed by atoms with E-state index in [2.05, 4.69) is 22.4 Å². The molecule has 160 valence electrons. The van der Waals surface area contributed by atoms with Gasteiger partial charge >= 0.3 is 6.09 Å². The number of aromatic nitrogens is 1. The van der Waals surface area contributed by atoms with E-state index in [1.54, 1.807) is 12.1 Å². The van der Waals surface area contributed by atoms with Crippen molar-refractivity contribution in [3.63, 3.8) is 0 Å². The van der Waals surface area contributed by atoms with Gasteiger partial charge in [0.05, 0.1) is 7.11 Å². The van der Waals surface area contributed by atoms with Crippen LogP contribution in [0.25, 0.3) is 11.1 Å². The van der Waals surface area contributed by atoms with Crippen LogP contribution in [0.1, 0.15) is 28.8 Å². The third-order valence-corrected chi connectivity index (χ3v) is 5.46. The molecule has 0 saturated heterocycles. The lowest BCUT2D eigenvalue weighted by atomic mass is 9.98. The number of carbonyl (C=O) groups is 1. The molecule has 0 fully saturated rings. The van der Waals surface area contributed by atoms with Crippen molar-refractivity contribution in [2.75, 3.05) is 20.3 Å². The molecule has 1 heterocycles. The van der Waals surface area contributed by atoms with Crippen molar-refractivity contribution in [1.29, 1.82) is 0 Å². The molecule has 3 aromatic rings. The van der Waals surface area contributed by atoms with Crippen LogP contribution >= 0.6 is 0 Å². The van der Waals surface area contributed by atoms with E-state index in [4.69, 9.17) is 9.47 Å². The van der Waals surface area contributed by atoms with Gasteiger partial charge in [0, 0.05) is 18.7 Å². The van der Waals surface area contributed by atoms with E-state index in [-0.39, 0.29) is 24.8 Å². The van der Waals surface area contributed by atoms with Gasteiger partial charge in [0.25, 0.3) is 0 Å². The number of amides is 1. The van der Waals surface area contributed by atoms with Gasteiger partial charge in [-0.15, -0.1) is 0 Å². The van der Waals surface area contributed by atoms with E-state index in [0.29, 0.717) is 5.75 Å². The van der Waals surface area contributed by atoms with Crippen LogP contribution in [0, 0.1) is 0 Å². The van der Waals surface area contributed by atoms with Gasteiger partial charge in [0.2, 0.25) is 0 Å². The number of carbonyl (C=O) groups excluding carboxylic acids is 1. The van der Waals surface area contributed by atoms with Crippen molar-refractivity contribution in [2.24, 2.45) is 0 Å². The number of aliphatic hydroxyl groups excluding tert-OH is 2. The SMILES string of the molecule is COc1cccnc1C(O)C(O)CNC(=O)OCC1c2ccccc2-c2ccccc21. The lowest BCUT2D eigenvalue weighted by Gasteiger charge is -2.20. The monoisotopic (exact) mass is 420 g/mol. The number of alkyl carbamates (subject to hydrolysis) is 1. The highest BCUT2D eigenvalue weighted by Crippen LogP contribution is 2.44. The zero-order chi connectivity index (χ0) is 21.8. The number of hydrogen-bond acceptors (Lipinski definition) is 6. The highest BCUT2D eigenvalue weighted by molar-refractivity contribution is 5.79. The molecule has 0 saturated carbocycles. The van der Waals surface area contributed by atoms with Crippen molar-refractivity contribution in [1.82, 2.24) is 10.3 Å². The van der Waals surface area contributed by atoms with Gasteiger partial charge in [-0.25, -0.2) is 4.79 Å². The third kappa shape index (κ3) is 4.23. The third-order valence-electron chi connectivity index (χ3n) is 5.46. The Bertz CT molecular complexity index is 1030. The highest BCUT2D eigenvalue weighted by Gasteiger charge is 2.29. The highest BCUT2D eigenvalue weighted by atomic mass is 16.5. The Kier molecular flexibility index (Phi) is 6.16. The first kappa shape index (κ1) is 20.8. The van der Waals surface area contributed by atoms with Crippen molar-refractivity contribution < 1.29 is 24.5 Å². The number of fused-ring (bicyclic) bond motifs is 3. The van der Waals surface area contributed by atoms with Gasteiger partial charge in [-0.05, 0) is 34.4 Å². The molecule has 1 amide bonds. The van der Waals surface area contributed by atoms with Crippen LogP contribution in [-0.2, 0) is 4.74 Å². The topological polar surface area (TPSA) is 101 Å². The quantitative estimate of drug-likeness (QED) is 0.543. The van der Waals surface area contributed by atoms with Crippen LogP contribution in [0.4, 0.5) is 4.79 Å².